The van der Waals surface area contributed by atoms with Crippen molar-refractivity contribution in [2.24, 2.45) is 0 Å². The highest BCUT2D eigenvalue weighted by atomic mass is 16.3. The molecule has 1 atom stereocenters. The van der Waals surface area contributed by atoms with E-state index in [9.17, 15) is 5.11 Å². The van der Waals surface area contributed by atoms with Crippen molar-refractivity contribution in [3.05, 3.63) is 53.9 Å². The van der Waals surface area contributed by atoms with E-state index in [2.05, 4.69) is 5.10 Å². The maximum absolute atomic E-state index is 9.41. The van der Waals surface area contributed by atoms with Gasteiger partial charge in [-0.25, -0.2) is 4.68 Å². The second-order valence-electron chi connectivity index (χ2n) is 4.12. The van der Waals surface area contributed by atoms with Gasteiger partial charge in [-0.15, -0.1) is 0 Å². The fourth-order valence-electron chi connectivity index (χ4n) is 1.52. The summed E-state index contributed by atoms with van der Waals surface area (Å²) in [5.41, 5.74) is 2.95. The Hall–Kier alpha value is -1.87. The number of aromatic nitrogens is 2. The summed E-state index contributed by atoms with van der Waals surface area (Å²) in [5, 5.41) is 13.7. The molecule has 2 rings (SSSR count). The standard InChI is InChI=1S/C14H16N2O/c1-11(12(2)17)8-13-9-15-16(10-13)14-6-4-3-5-7-14/h3-10,12,17H,1-2H3/b11-8+. The Kier molecular flexibility index (Phi) is 3.40. The predicted molar refractivity (Wildman–Crippen MR) is 68.9 cm³/mol. The number of para-hydroxylation sites is 1. The summed E-state index contributed by atoms with van der Waals surface area (Å²) in [7, 11) is 0. The predicted octanol–water partition coefficient (Wildman–Crippen LogP) is 2.66. The third-order valence-electron chi connectivity index (χ3n) is 2.68. The van der Waals surface area contributed by atoms with Gasteiger partial charge in [-0.1, -0.05) is 24.3 Å². The molecule has 1 heterocycles. The van der Waals surface area contributed by atoms with E-state index in [1.807, 2.05) is 54.2 Å². The highest BCUT2D eigenvalue weighted by Crippen LogP contribution is 2.12. The summed E-state index contributed by atoms with van der Waals surface area (Å²) in [6, 6.07) is 9.94. The molecule has 0 amide bonds. The lowest BCUT2D eigenvalue weighted by Gasteiger charge is -2.02. The molecule has 0 saturated heterocycles. The van der Waals surface area contributed by atoms with E-state index in [1.165, 1.54) is 0 Å². The lowest BCUT2D eigenvalue weighted by atomic mass is 10.1. The molecule has 88 valence electrons. The van der Waals surface area contributed by atoms with Crippen molar-refractivity contribution in [3.63, 3.8) is 0 Å². The molecule has 0 aliphatic carbocycles. The zero-order valence-electron chi connectivity index (χ0n) is 10.0. The van der Waals surface area contributed by atoms with E-state index in [-0.39, 0.29) is 0 Å². The molecule has 17 heavy (non-hydrogen) atoms. The van der Waals surface area contributed by atoms with Gasteiger partial charge < -0.3 is 5.11 Å². The van der Waals surface area contributed by atoms with Gasteiger partial charge in [0.2, 0.25) is 0 Å². The molecule has 0 bridgehead atoms. The SMILES string of the molecule is C/C(=C\c1cnn(-c2ccccc2)c1)C(C)O. The second-order valence-corrected chi connectivity index (χ2v) is 4.12. The lowest BCUT2D eigenvalue weighted by Crippen LogP contribution is -1.99. The van der Waals surface area contributed by atoms with Gasteiger partial charge in [0, 0.05) is 11.8 Å². The fraction of sp³-hybridized carbons (Fsp3) is 0.214. The normalized spacial score (nSPS) is 13.7. The summed E-state index contributed by atoms with van der Waals surface area (Å²) >= 11 is 0. The van der Waals surface area contributed by atoms with Crippen molar-refractivity contribution in [3.8, 4) is 5.69 Å². The van der Waals surface area contributed by atoms with Gasteiger partial charge in [-0.2, -0.15) is 5.10 Å². The molecule has 0 fully saturated rings. The molecule has 2 aromatic rings. The van der Waals surface area contributed by atoms with E-state index < -0.39 is 6.10 Å². The van der Waals surface area contributed by atoms with Crippen molar-refractivity contribution in [2.45, 2.75) is 20.0 Å². The van der Waals surface area contributed by atoms with Crippen molar-refractivity contribution in [1.82, 2.24) is 9.78 Å². The van der Waals surface area contributed by atoms with Crippen LogP contribution in [0.25, 0.3) is 11.8 Å². The van der Waals surface area contributed by atoms with Gasteiger partial charge in [0.05, 0.1) is 18.0 Å². The van der Waals surface area contributed by atoms with Gasteiger partial charge in [-0.05, 0) is 31.6 Å². The Morgan fingerprint density at radius 3 is 2.71 bits per heavy atom. The van der Waals surface area contributed by atoms with Crippen LogP contribution in [0.15, 0.2) is 48.3 Å². The molecular weight excluding hydrogens is 212 g/mol. The monoisotopic (exact) mass is 228 g/mol. The van der Waals surface area contributed by atoms with Crippen molar-refractivity contribution in [2.75, 3.05) is 0 Å². The van der Waals surface area contributed by atoms with Gasteiger partial charge in [0.15, 0.2) is 0 Å². The van der Waals surface area contributed by atoms with E-state index in [0.29, 0.717) is 0 Å². The first-order valence-electron chi connectivity index (χ1n) is 5.63. The average Bonchev–Trinajstić information content (AvgIpc) is 2.78. The summed E-state index contributed by atoms with van der Waals surface area (Å²) < 4.78 is 1.82. The maximum atomic E-state index is 9.41. The largest absolute Gasteiger partial charge is 0.389 e. The maximum Gasteiger partial charge on any atom is 0.0722 e. The number of aliphatic hydroxyl groups excluding tert-OH is 1. The van der Waals surface area contributed by atoms with Crippen LogP contribution >= 0.6 is 0 Å². The average molecular weight is 228 g/mol. The first-order valence-corrected chi connectivity index (χ1v) is 5.63. The van der Waals surface area contributed by atoms with Crippen molar-refractivity contribution < 1.29 is 5.11 Å². The van der Waals surface area contributed by atoms with Gasteiger partial charge in [0.1, 0.15) is 0 Å². The van der Waals surface area contributed by atoms with Crippen LogP contribution in [0.5, 0.6) is 0 Å². The highest BCUT2D eigenvalue weighted by Gasteiger charge is 2.01. The van der Waals surface area contributed by atoms with E-state index in [4.69, 9.17) is 0 Å². The minimum Gasteiger partial charge on any atom is -0.389 e. The molecule has 0 spiro atoms. The molecule has 1 unspecified atom stereocenters. The molecule has 3 nitrogen and oxygen atoms in total. The van der Waals surface area contributed by atoms with E-state index in [1.54, 1.807) is 13.1 Å². The second kappa shape index (κ2) is 4.97. The lowest BCUT2D eigenvalue weighted by molar-refractivity contribution is 0.232. The molecule has 0 aliphatic heterocycles. The summed E-state index contributed by atoms with van der Waals surface area (Å²) in [6.45, 7) is 3.66. The third-order valence-corrected chi connectivity index (χ3v) is 2.68. The number of aliphatic hydroxyl groups is 1. The topological polar surface area (TPSA) is 38.0 Å². The Labute approximate surface area is 101 Å². The quantitative estimate of drug-likeness (QED) is 0.877. The number of hydrogen-bond acceptors (Lipinski definition) is 2. The minimum absolute atomic E-state index is 0.421. The summed E-state index contributed by atoms with van der Waals surface area (Å²) in [5.74, 6) is 0. The molecule has 1 N–H and O–H groups in total. The van der Waals surface area contributed by atoms with Crippen molar-refractivity contribution >= 4 is 6.08 Å². The Morgan fingerprint density at radius 2 is 2.06 bits per heavy atom. The van der Waals surface area contributed by atoms with Crippen molar-refractivity contribution in [1.29, 1.82) is 0 Å². The smallest absolute Gasteiger partial charge is 0.0722 e. The third kappa shape index (κ3) is 2.82. The van der Waals surface area contributed by atoms with Crippen LogP contribution in [0.2, 0.25) is 0 Å². The van der Waals surface area contributed by atoms with Gasteiger partial charge in [-0.3, -0.25) is 0 Å². The molecular formula is C14H16N2O. The molecule has 0 radical (unpaired) electrons. The summed E-state index contributed by atoms with van der Waals surface area (Å²) in [4.78, 5) is 0. The highest BCUT2D eigenvalue weighted by molar-refractivity contribution is 5.52. The fourth-order valence-corrected chi connectivity index (χ4v) is 1.52. The van der Waals surface area contributed by atoms with Crippen LogP contribution in [-0.4, -0.2) is 21.0 Å². The van der Waals surface area contributed by atoms with Crippen LogP contribution in [0.1, 0.15) is 19.4 Å². The van der Waals surface area contributed by atoms with Crippen LogP contribution in [0.3, 0.4) is 0 Å². The van der Waals surface area contributed by atoms with Crippen LogP contribution in [-0.2, 0) is 0 Å². The van der Waals surface area contributed by atoms with Crippen LogP contribution < -0.4 is 0 Å². The Morgan fingerprint density at radius 1 is 1.35 bits per heavy atom. The first-order chi connectivity index (χ1) is 8.16. The molecule has 3 heteroatoms. The number of hydrogen-bond donors (Lipinski definition) is 1. The number of nitrogens with zero attached hydrogens (tertiary/aromatic N) is 2. The van der Waals surface area contributed by atoms with Crippen LogP contribution in [0, 0.1) is 0 Å². The van der Waals surface area contributed by atoms with E-state index in [0.717, 1.165) is 16.8 Å². The van der Waals surface area contributed by atoms with Gasteiger partial charge >= 0.3 is 0 Å². The molecule has 1 aromatic heterocycles. The zero-order valence-corrected chi connectivity index (χ0v) is 10.0. The Bertz CT molecular complexity index is 512. The van der Waals surface area contributed by atoms with E-state index >= 15 is 0 Å². The molecule has 0 aliphatic rings. The number of benzene rings is 1. The number of rotatable bonds is 3. The molecule has 0 saturated carbocycles. The van der Waals surface area contributed by atoms with Crippen LogP contribution in [0.4, 0.5) is 0 Å². The Balaban J connectivity index is 2.26. The first kappa shape index (κ1) is 11.6. The molecule has 1 aromatic carbocycles. The van der Waals surface area contributed by atoms with Gasteiger partial charge in [0.25, 0.3) is 0 Å². The minimum atomic E-state index is -0.421. The zero-order chi connectivity index (χ0) is 12.3. The summed E-state index contributed by atoms with van der Waals surface area (Å²) in [6.07, 6.45) is 5.26.